The number of hydrogen-bond donors (Lipinski definition) is 1. The summed E-state index contributed by atoms with van der Waals surface area (Å²) in [5, 5.41) is 3.84. The second-order valence-electron chi connectivity index (χ2n) is 7.49. The Kier molecular flexibility index (Phi) is 7.10. The summed E-state index contributed by atoms with van der Waals surface area (Å²) in [7, 11) is 1.71. The fraction of sp³-hybridized carbons (Fsp3) is 0.478. The lowest BCUT2D eigenvalue weighted by atomic mass is 10.0. The first-order valence-electron chi connectivity index (χ1n) is 9.88. The number of nitrogens with zero attached hydrogens (tertiary/aromatic N) is 1. The zero-order chi connectivity index (χ0) is 18.2. The maximum absolute atomic E-state index is 5.23. The molecule has 0 aromatic heterocycles. The highest BCUT2D eigenvalue weighted by Crippen LogP contribution is 2.16. The number of hydrogen-bond acceptors (Lipinski definition) is 3. The molecular weight excluding hydrogens is 320 g/mol. The van der Waals surface area contributed by atoms with Gasteiger partial charge in [-0.25, -0.2) is 0 Å². The van der Waals surface area contributed by atoms with Crippen molar-refractivity contribution in [3.05, 3.63) is 65.7 Å². The van der Waals surface area contributed by atoms with Crippen molar-refractivity contribution in [3.8, 4) is 5.75 Å². The molecule has 1 fully saturated rings. The molecule has 1 aliphatic heterocycles. The Labute approximate surface area is 158 Å². The first-order valence-corrected chi connectivity index (χ1v) is 9.88. The molecule has 0 bridgehead atoms. The minimum atomic E-state index is 0.558. The first kappa shape index (κ1) is 18.9. The van der Waals surface area contributed by atoms with Crippen molar-refractivity contribution in [1.29, 1.82) is 0 Å². The highest BCUT2D eigenvalue weighted by molar-refractivity contribution is 5.27. The van der Waals surface area contributed by atoms with Crippen molar-refractivity contribution in [2.75, 3.05) is 20.2 Å². The summed E-state index contributed by atoms with van der Waals surface area (Å²) in [5.41, 5.74) is 2.81. The van der Waals surface area contributed by atoms with Crippen LogP contribution in [-0.4, -0.2) is 37.2 Å². The van der Waals surface area contributed by atoms with Crippen LogP contribution < -0.4 is 10.1 Å². The number of piperidine rings is 1. The van der Waals surface area contributed by atoms with E-state index in [0.29, 0.717) is 12.1 Å². The first-order chi connectivity index (χ1) is 12.7. The Balaban J connectivity index is 1.35. The Morgan fingerprint density at radius 3 is 2.35 bits per heavy atom. The van der Waals surface area contributed by atoms with E-state index in [9.17, 15) is 0 Å². The minimum Gasteiger partial charge on any atom is -0.497 e. The third-order valence-corrected chi connectivity index (χ3v) is 5.38. The van der Waals surface area contributed by atoms with Crippen molar-refractivity contribution in [1.82, 2.24) is 10.2 Å². The van der Waals surface area contributed by atoms with Crippen molar-refractivity contribution in [2.45, 2.75) is 51.2 Å². The summed E-state index contributed by atoms with van der Waals surface area (Å²) in [6.45, 7) is 5.79. The average molecular weight is 353 g/mol. The normalized spacial score (nSPS) is 17.2. The van der Waals surface area contributed by atoms with E-state index in [1.54, 1.807) is 7.11 Å². The van der Waals surface area contributed by atoms with Gasteiger partial charge in [0, 0.05) is 18.6 Å². The molecule has 0 radical (unpaired) electrons. The van der Waals surface area contributed by atoms with Gasteiger partial charge in [-0.3, -0.25) is 4.90 Å². The quantitative estimate of drug-likeness (QED) is 0.768. The third kappa shape index (κ3) is 5.86. The van der Waals surface area contributed by atoms with Crippen molar-refractivity contribution >= 4 is 0 Å². The van der Waals surface area contributed by atoms with Crippen LogP contribution in [0.2, 0.25) is 0 Å². The maximum Gasteiger partial charge on any atom is 0.118 e. The number of aryl methyl sites for hydroxylation is 1. The lowest BCUT2D eigenvalue weighted by Crippen LogP contribution is -2.45. The van der Waals surface area contributed by atoms with Crippen LogP contribution >= 0.6 is 0 Å². The van der Waals surface area contributed by atoms with Crippen LogP contribution in [0.5, 0.6) is 5.75 Å². The van der Waals surface area contributed by atoms with Gasteiger partial charge >= 0.3 is 0 Å². The zero-order valence-corrected chi connectivity index (χ0v) is 16.2. The van der Waals surface area contributed by atoms with E-state index in [4.69, 9.17) is 4.74 Å². The molecular formula is C23H32N2O. The summed E-state index contributed by atoms with van der Waals surface area (Å²) in [4.78, 5) is 2.58. The maximum atomic E-state index is 5.23. The summed E-state index contributed by atoms with van der Waals surface area (Å²) in [6, 6.07) is 20.5. The van der Waals surface area contributed by atoms with Gasteiger partial charge in [0.1, 0.15) is 5.75 Å². The van der Waals surface area contributed by atoms with Crippen LogP contribution in [0.4, 0.5) is 0 Å². The second kappa shape index (κ2) is 9.75. The van der Waals surface area contributed by atoms with Gasteiger partial charge in [-0.05, 0) is 69.0 Å². The Morgan fingerprint density at radius 2 is 1.69 bits per heavy atom. The van der Waals surface area contributed by atoms with Crippen LogP contribution in [0.3, 0.4) is 0 Å². The van der Waals surface area contributed by atoms with Gasteiger partial charge in [0.15, 0.2) is 0 Å². The van der Waals surface area contributed by atoms with Gasteiger partial charge in [0.05, 0.1) is 7.11 Å². The van der Waals surface area contributed by atoms with E-state index in [0.717, 1.165) is 18.7 Å². The molecule has 1 heterocycles. The lowest BCUT2D eigenvalue weighted by molar-refractivity contribution is 0.184. The summed E-state index contributed by atoms with van der Waals surface area (Å²) < 4.78 is 5.23. The molecule has 0 saturated carbocycles. The molecule has 0 amide bonds. The van der Waals surface area contributed by atoms with E-state index in [1.165, 1.54) is 43.5 Å². The molecule has 140 valence electrons. The number of likely N-dealkylation sites (tertiary alicyclic amines) is 1. The molecule has 1 unspecified atom stereocenters. The SMILES string of the molecule is COc1ccc(CCC(C)NC2CCN(Cc3ccccc3)CC2)cc1. The van der Waals surface area contributed by atoms with Gasteiger partial charge in [0.25, 0.3) is 0 Å². The standard InChI is InChI=1S/C23H32N2O/c1-19(8-9-20-10-12-23(26-2)13-11-20)24-22-14-16-25(17-15-22)18-21-6-4-3-5-7-21/h3-7,10-13,19,22,24H,8-9,14-18H2,1-2H3. The molecule has 1 atom stereocenters. The van der Waals surface area contributed by atoms with E-state index < -0.39 is 0 Å². The minimum absolute atomic E-state index is 0.558. The number of methoxy groups -OCH3 is 1. The highest BCUT2D eigenvalue weighted by atomic mass is 16.5. The number of rotatable bonds is 8. The predicted molar refractivity (Wildman–Crippen MR) is 109 cm³/mol. The van der Waals surface area contributed by atoms with Gasteiger partial charge in [0.2, 0.25) is 0 Å². The third-order valence-electron chi connectivity index (χ3n) is 5.38. The van der Waals surface area contributed by atoms with Crippen LogP contribution in [0.25, 0.3) is 0 Å². The van der Waals surface area contributed by atoms with Gasteiger partial charge in [-0.2, -0.15) is 0 Å². The molecule has 2 aromatic carbocycles. The zero-order valence-electron chi connectivity index (χ0n) is 16.2. The van der Waals surface area contributed by atoms with Crippen LogP contribution in [0.15, 0.2) is 54.6 Å². The van der Waals surface area contributed by atoms with Gasteiger partial charge in [-0.1, -0.05) is 42.5 Å². The predicted octanol–water partition coefficient (Wildman–Crippen LogP) is 4.27. The largest absolute Gasteiger partial charge is 0.497 e. The molecule has 0 spiro atoms. The Hall–Kier alpha value is -1.84. The molecule has 3 nitrogen and oxygen atoms in total. The Bertz CT molecular complexity index is 633. The van der Waals surface area contributed by atoms with Crippen LogP contribution in [-0.2, 0) is 13.0 Å². The fourth-order valence-electron chi connectivity index (χ4n) is 3.76. The number of ether oxygens (including phenoxy) is 1. The number of benzene rings is 2. The average Bonchev–Trinajstić information content (AvgIpc) is 2.69. The molecule has 3 rings (SSSR count). The number of nitrogens with one attached hydrogen (secondary N) is 1. The Morgan fingerprint density at radius 1 is 1.00 bits per heavy atom. The van der Waals surface area contributed by atoms with Crippen molar-refractivity contribution in [3.63, 3.8) is 0 Å². The lowest BCUT2D eigenvalue weighted by Gasteiger charge is -2.34. The van der Waals surface area contributed by atoms with E-state index >= 15 is 0 Å². The monoisotopic (exact) mass is 352 g/mol. The molecule has 2 aromatic rings. The fourth-order valence-corrected chi connectivity index (χ4v) is 3.76. The summed E-state index contributed by atoms with van der Waals surface area (Å²) in [6.07, 6.45) is 4.79. The van der Waals surface area contributed by atoms with Gasteiger partial charge < -0.3 is 10.1 Å². The smallest absolute Gasteiger partial charge is 0.118 e. The van der Waals surface area contributed by atoms with E-state index in [2.05, 4.69) is 71.7 Å². The van der Waals surface area contributed by atoms with Crippen molar-refractivity contribution in [2.24, 2.45) is 0 Å². The van der Waals surface area contributed by atoms with E-state index in [-0.39, 0.29) is 0 Å². The second-order valence-corrected chi connectivity index (χ2v) is 7.49. The molecule has 3 heteroatoms. The molecule has 1 N–H and O–H groups in total. The molecule has 1 aliphatic rings. The summed E-state index contributed by atoms with van der Waals surface area (Å²) in [5.74, 6) is 0.933. The topological polar surface area (TPSA) is 24.5 Å². The molecule has 26 heavy (non-hydrogen) atoms. The highest BCUT2D eigenvalue weighted by Gasteiger charge is 2.20. The molecule has 0 aliphatic carbocycles. The summed E-state index contributed by atoms with van der Waals surface area (Å²) >= 11 is 0. The van der Waals surface area contributed by atoms with E-state index in [1.807, 2.05) is 0 Å². The molecule has 1 saturated heterocycles. The van der Waals surface area contributed by atoms with Crippen LogP contribution in [0, 0.1) is 0 Å². The van der Waals surface area contributed by atoms with Gasteiger partial charge in [-0.15, -0.1) is 0 Å². The van der Waals surface area contributed by atoms with Crippen molar-refractivity contribution < 1.29 is 4.74 Å². The van der Waals surface area contributed by atoms with Crippen LogP contribution in [0.1, 0.15) is 37.3 Å².